The number of likely N-dealkylation sites (N-methyl/N-ethyl adjacent to an activating group) is 1. The number of hydrogen-bond acceptors (Lipinski definition) is 3. The Bertz CT molecular complexity index is 1110. The van der Waals surface area contributed by atoms with Gasteiger partial charge in [0, 0.05) is 29.0 Å². The van der Waals surface area contributed by atoms with Crippen molar-refractivity contribution in [2.24, 2.45) is 0 Å². The summed E-state index contributed by atoms with van der Waals surface area (Å²) in [6.45, 7) is 2.27. The molecule has 34 heavy (non-hydrogen) atoms. The smallest absolute Gasteiger partial charge is 0.261 e. The molecule has 3 rings (SSSR count). The van der Waals surface area contributed by atoms with Crippen molar-refractivity contribution in [1.82, 2.24) is 10.2 Å². The summed E-state index contributed by atoms with van der Waals surface area (Å²) < 4.78 is 6.54. The quantitative estimate of drug-likeness (QED) is 0.333. The third kappa shape index (κ3) is 7.49. The summed E-state index contributed by atoms with van der Waals surface area (Å²) in [6, 6.07) is 21.3. The molecule has 0 bridgehead atoms. The van der Waals surface area contributed by atoms with Gasteiger partial charge < -0.3 is 15.0 Å². The molecule has 8 heteroatoms. The second kappa shape index (κ2) is 12.8. The van der Waals surface area contributed by atoms with Crippen LogP contribution in [0.25, 0.3) is 0 Å². The molecule has 178 valence electrons. The molecule has 0 saturated heterocycles. The van der Waals surface area contributed by atoms with Gasteiger partial charge in [-0.25, -0.2) is 0 Å². The second-order valence-corrected chi connectivity index (χ2v) is 9.37. The first-order valence-corrected chi connectivity index (χ1v) is 12.4. The lowest BCUT2D eigenvalue weighted by atomic mass is 10.0. The highest BCUT2D eigenvalue weighted by atomic mass is 79.9. The van der Waals surface area contributed by atoms with E-state index >= 15 is 0 Å². The molecule has 3 aromatic carbocycles. The lowest BCUT2D eigenvalue weighted by Gasteiger charge is -2.31. The van der Waals surface area contributed by atoms with Crippen LogP contribution < -0.4 is 10.1 Å². The first-order valence-electron chi connectivity index (χ1n) is 10.8. The fourth-order valence-electron chi connectivity index (χ4n) is 3.45. The Morgan fingerprint density at radius 3 is 2.35 bits per heavy atom. The van der Waals surface area contributed by atoms with Gasteiger partial charge in [0.1, 0.15) is 11.8 Å². The monoisotopic (exact) mass is 562 g/mol. The number of carbonyl (C=O) groups excluding carboxylic acids is 2. The highest BCUT2D eigenvalue weighted by Crippen LogP contribution is 2.28. The molecule has 3 aromatic rings. The number of benzene rings is 3. The van der Waals surface area contributed by atoms with Crippen LogP contribution in [0.3, 0.4) is 0 Å². The third-order valence-electron chi connectivity index (χ3n) is 5.13. The maximum absolute atomic E-state index is 13.4. The second-order valence-electron chi connectivity index (χ2n) is 7.61. The molecule has 0 heterocycles. The zero-order chi connectivity index (χ0) is 24.5. The number of halogens is 3. The standard InChI is InChI=1S/C26H25BrCl2N2O3/c1-2-30-26(33)23(14-18-6-4-3-5-7-18)31(16-19-8-11-21(28)12-9-19)25(32)17-34-24-13-10-20(27)15-22(24)29/h3-13,15,23H,2,14,16-17H2,1H3,(H,30,33)/t23-/m1/s1. The van der Waals surface area contributed by atoms with E-state index in [1.54, 1.807) is 35.2 Å². The molecule has 1 atom stereocenters. The fourth-order valence-corrected chi connectivity index (χ4v) is 4.30. The molecule has 2 amide bonds. The maximum Gasteiger partial charge on any atom is 0.261 e. The molecule has 0 fully saturated rings. The summed E-state index contributed by atoms with van der Waals surface area (Å²) in [7, 11) is 0. The average molecular weight is 564 g/mol. The third-order valence-corrected chi connectivity index (χ3v) is 6.17. The number of carbonyl (C=O) groups is 2. The summed E-state index contributed by atoms with van der Waals surface area (Å²) in [5.41, 5.74) is 1.80. The summed E-state index contributed by atoms with van der Waals surface area (Å²) in [5, 5.41) is 3.85. The van der Waals surface area contributed by atoms with Gasteiger partial charge in [-0.1, -0.05) is 81.6 Å². The van der Waals surface area contributed by atoms with E-state index in [0.717, 1.165) is 15.6 Å². The molecule has 0 radical (unpaired) electrons. The van der Waals surface area contributed by atoms with Crippen LogP contribution >= 0.6 is 39.1 Å². The maximum atomic E-state index is 13.4. The molecular formula is C26H25BrCl2N2O3. The number of hydrogen-bond donors (Lipinski definition) is 1. The minimum Gasteiger partial charge on any atom is -0.482 e. The predicted octanol–water partition coefficient (Wildman–Crippen LogP) is 5.91. The highest BCUT2D eigenvalue weighted by molar-refractivity contribution is 9.10. The van der Waals surface area contributed by atoms with Crippen LogP contribution in [0.5, 0.6) is 5.75 Å². The number of rotatable bonds is 10. The Morgan fingerprint density at radius 2 is 1.71 bits per heavy atom. The average Bonchev–Trinajstić information content (AvgIpc) is 2.82. The van der Waals surface area contributed by atoms with Gasteiger partial charge in [0.05, 0.1) is 5.02 Å². The van der Waals surface area contributed by atoms with Gasteiger partial charge in [-0.05, 0) is 48.4 Å². The summed E-state index contributed by atoms with van der Waals surface area (Å²) in [5.74, 6) is -0.168. The SMILES string of the molecule is CCNC(=O)[C@@H](Cc1ccccc1)N(Cc1ccc(Cl)cc1)C(=O)COc1ccc(Br)cc1Cl. The van der Waals surface area contributed by atoms with Gasteiger partial charge in [-0.3, -0.25) is 9.59 Å². The van der Waals surface area contributed by atoms with Gasteiger partial charge in [-0.15, -0.1) is 0 Å². The van der Waals surface area contributed by atoms with Crippen molar-refractivity contribution in [3.05, 3.63) is 98.4 Å². The zero-order valence-electron chi connectivity index (χ0n) is 18.6. The van der Waals surface area contributed by atoms with E-state index in [9.17, 15) is 9.59 Å². The van der Waals surface area contributed by atoms with E-state index in [1.165, 1.54) is 0 Å². The Labute approximate surface area is 218 Å². The largest absolute Gasteiger partial charge is 0.482 e. The van der Waals surface area contributed by atoms with Gasteiger partial charge in [0.2, 0.25) is 5.91 Å². The van der Waals surface area contributed by atoms with Crippen molar-refractivity contribution in [3.8, 4) is 5.75 Å². The van der Waals surface area contributed by atoms with Gasteiger partial charge in [0.15, 0.2) is 6.61 Å². The molecule has 0 spiro atoms. The molecular weight excluding hydrogens is 539 g/mol. The van der Waals surface area contributed by atoms with E-state index in [0.29, 0.717) is 28.8 Å². The van der Waals surface area contributed by atoms with Crippen molar-refractivity contribution >= 4 is 50.9 Å². The summed E-state index contributed by atoms with van der Waals surface area (Å²) >= 11 is 15.6. The molecule has 0 aromatic heterocycles. The van der Waals surface area contributed by atoms with Crippen LogP contribution in [0, 0.1) is 0 Å². The Balaban J connectivity index is 1.89. The topological polar surface area (TPSA) is 58.6 Å². The summed E-state index contributed by atoms with van der Waals surface area (Å²) in [4.78, 5) is 28.1. The fraction of sp³-hybridized carbons (Fsp3) is 0.231. The van der Waals surface area contributed by atoms with Crippen LogP contribution in [0.4, 0.5) is 0 Å². The van der Waals surface area contributed by atoms with Crippen molar-refractivity contribution in [3.63, 3.8) is 0 Å². The lowest BCUT2D eigenvalue weighted by molar-refractivity contribution is -0.142. The van der Waals surface area contributed by atoms with Crippen LogP contribution in [-0.2, 0) is 22.6 Å². The first-order chi connectivity index (χ1) is 16.4. The number of ether oxygens (including phenoxy) is 1. The Kier molecular flexibility index (Phi) is 9.81. The van der Waals surface area contributed by atoms with Crippen LogP contribution in [0.15, 0.2) is 77.3 Å². The van der Waals surface area contributed by atoms with Gasteiger partial charge in [0.25, 0.3) is 5.91 Å². The summed E-state index contributed by atoms with van der Waals surface area (Å²) in [6.07, 6.45) is 0.366. The van der Waals surface area contributed by atoms with E-state index in [2.05, 4.69) is 21.2 Å². The Hall–Kier alpha value is -2.54. The lowest BCUT2D eigenvalue weighted by Crippen LogP contribution is -2.51. The van der Waals surface area contributed by atoms with Crippen molar-refractivity contribution in [2.45, 2.75) is 25.9 Å². The van der Waals surface area contributed by atoms with Crippen LogP contribution in [-0.4, -0.2) is 35.9 Å². The molecule has 0 saturated carbocycles. The minimum absolute atomic E-state index is 0.224. The normalized spacial score (nSPS) is 11.5. The molecule has 0 unspecified atom stereocenters. The van der Waals surface area contributed by atoms with E-state index < -0.39 is 6.04 Å². The van der Waals surface area contributed by atoms with Crippen molar-refractivity contribution in [1.29, 1.82) is 0 Å². The molecule has 0 aliphatic rings. The predicted molar refractivity (Wildman–Crippen MR) is 139 cm³/mol. The first kappa shape index (κ1) is 26.1. The Morgan fingerprint density at radius 1 is 1.00 bits per heavy atom. The molecule has 5 nitrogen and oxygen atoms in total. The van der Waals surface area contributed by atoms with E-state index in [4.69, 9.17) is 27.9 Å². The van der Waals surface area contributed by atoms with Crippen molar-refractivity contribution < 1.29 is 14.3 Å². The van der Waals surface area contributed by atoms with Crippen LogP contribution in [0.1, 0.15) is 18.1 Å². The zero-order valence-corrected chi connectivity index (χ0v) is 21.7. The number of amides is 2. The van der Waals surface area contributed by atoms with Gasteiger partial charge in [-0.2, -0.15) is 0 Å². The highest BCUT2D eigenvalue weighted by Gasteiger charge is 2.30. The molecule has 1 N–H and O–H groups in total. The number of nitrogens with zero attached hydrogens (tertiary/aromatic N) is 1. The van der Waals surface area contributed by atoms with E-state index in [1.807, 2.05) is 49.4 Å². The molecule has 0 aliphatic carbocycles. The minimum atomic E-state index is -0.727. The molecule has 0 aliphatic heterocycles. The number of nitrogens with one attached hydrogen (secondary N) is 1. The van der Waals surface area contributed by atoms with E-state index in [-0.39, 0.29) is 25.0 Å². The van der Waals surface area contributed by atoms with Gasteiger partial charge >= 0.3 is 0 Å². The van der Waals surface area contributed by atoms with Crippen molar-refractivity contribution in [2.75, 3.05) is 13.2 Å². The van der Waals surface area contributed by atoms with Crippen LogP contribution in [0.2, 0.25) is 10.0 Å².